The second-order valence-corrected chi connectivity index (χ2v) is 7.66. The van der Waals surface area contributed by atoms with Crippen molar-refractivity contribution in [1.82, 2.24) is 5.43 Å². The van der Waals surface area contributed by atoms with Crippen molar-refractivity contribution in [3.05, 3.63) is 114 Å². The van der Waals surface area contributed by atoms with Gasteiger partial charge in [0.2, 0.25) is 0 Å². The first-order valence-corrected chi connectivity index (χ1v) is 11.2. The van der Waals surface area contributed by atoms with Gasteiger partial charge in [-0.3, -0.25) is 4.79 Å². The maximum absolute atomic E-state index is 12.1. The first kappa shape index (κ1) is 23.6. The molecule has 0 aromatic heterocycles. The molecule has 0 saturated heterocycles. The summed E-state index contributed by atoms with van der Waals surface area (Å²) in [4.78, 5) is 12.1. The van der Waals surface area contributed by atoms with Gasteiger partial charge in [0.25, 0.3) is 5.91 Å². The van der Waals surface area contributed by atoms with Gasteiger partial charge in [-0.15, -0.1) is 0 Å². The average molecular weight is 467 g/mol. The number of carbonyl (C=O) groups is 1. The molecule has 0 bridgehead atoms. The number of methoxy groups -OCH3 is 1. The standard InChI is InChI=1S/C29H26N2O4/c1-33-28-18-23(12-17-27(28)35-20-22-8-4-2-5-9-22)19-30-31-29(32)21-34-26-15-13-25(14-16-26)24-10-6-3-7-11-24/h2-19H,20-21H2,1H3,(H,31,32)/b30-19+. The SMILES string of the molecule is COc1cc(/C=N/NC(=O)COc2ccc(-c3ccccc3)cc2)ccc1OCc1ccccc1. The van der Waals surface area contributed by atoms with Crippen LogP contribution < -0.4 is 19.6 Å². The zero-order valence-corrected chi connectivity index (χ0v) is 19.4. The highest BCUT2D eigenvalue weighted by molar-refractivity contribution is 5.83. The summed E-state index contributed by atoms with van der Waals surface area (Å²) in [6, 6.07) is 33.0. The first-order valence-electron chi connectivity index (χ1n) is 11.2. The number of carbonyl (C=O) groups excluding carboxylic acids is 1. The lowest BCUT2D eigenvalue weighted by molar-refractivity contribution is -0.123. The van der Waals surface area contributed by atoms with E-state index in [1.54, 1.807) is 13.2 Å². The Morgan fingerprint density at radius 3 is 2.20 bits per heavy atom. The van der Waals surface area contributed by atoms with E-state index in [0.29, 0.717) is 23.9 Å². The van der Waals surface area contributed by atoms with E-state index in [9.17, 15) is 4.79 Å². The summed E-state index contributed by atoms with van der Waals surface area (Å²) in [5.41, 5.74) is 6.50. The van der Waals surface area contributed by atoms with Crippen LogP contribution >= 0.6 is 0 Å². The maximum Gasteiger partial charge on any atom is 0.277 e. The largest absolute Gasteiger partial charge is 0.493 e. The molecule has 0 aliphatic heterocycles. The first-order chi connectivity index (χ1) is 17.2. The Balaban J connectivity index is 1.25. The van der Waals surface area contributed by atoms with Crippen LogP contribution in [-0.4, -0.2) is 25.8 Å². The highest BCUT2D eigenvalue weighted by atomic mass is 16.5. The second kappa shape index (κ2) is 12.0. The normalized spacial score (nSPS) is 10.7. The fraction of sp³-hybridized carbons (Fsp3) is 0.103. The summed E-state index contributed by atoms with van der Waals surface area (Å²) >= 11 is 0. The zero-order valence-electron chi connectivity index (χ0n) is 19.4. The number of hydrazone groups is 1. The van der Waals surface area contributed by atoms with E-state index >= 15 is 0 Å². The topological polar surface area (TPSA) is 69.2 Å². The Labute approximate surface area is 204 Å². The molecule has 35 heavy (non-hydrogen) atoms. The smallest absolute Gasteiger partial charge is 0.277 e. The van der Waals surface area contributed by atoms with Crippen LogP contribution in [-0.2, 0) is 11.4 Å². The predicted octanol–water partition coefficient (Wildman–Crippen LogP) is 5.47. The molecule has 1 amide bonds. The van der Waals surface area contributed by atoms with Crippen molar-refractivity contribution in [2.45, 2.75) is 6.61 Å². The third kappa shape index (κ3) is 6.95. The molecule has 1 N–H and O–H groups in total. The van der Waals surface area contributed by atoms with Crippen LogP contribution in [0, 0.1) is 0 Å². The second-order valence-electron chi connectivity index (χ2n) is 7.66. The van der Waals surface area contributed by atoms with E-state index < -0.39 is 0 Å². The molecule has 0 unspecified atom stereocenters. The summed E-state index contributed by atoms with van der Waals surface area (Å²) < 4.78 is 16.8. The molecule has 0 atom stereocenters. The molecular formula is C29H26N2O4. The van der Waals surface area contributed by atoms with Gasteiger partial charge in [0, 0.05) is 0 Å². The lowest BCUT2D eigenvalue weighted by atomic mass is 10.1. The van der Waals surface area contributed by atoms with E-state index in [4.69, 9.17) is 14.2 Å². The molecule has 4 aromatic rings. The van der Waals surface area contributed by atoms with Gasteiger partial charge in [0.1, 0.15) is 12.4 Å². The van der Waals surface area contributed by atoms with E-state index in [2.05, 4.69) is 10.5 Å². The third-order valence-electron chi connectivity index (χ3n) is 5.16. The highest BCUT2D eigenvalue weighted by Crippen LogP contribution is 2.28. The summed E-state index contributed by atoms with van der Waals surface area (Å²) in [5, 5.41) is 4.01. The predicted molar refractivity (Wildman–Crippen MR) is 137 cm³/mol. The van der Waals surface area contributed by atoms with Crippen molar-refractivity contribution < 1.29 is 19.0 Å². The van der Waals surface area contributed by atoms with Crippen molar-refractivity contribution in [2.24, 2.45) is 5.10 Å². The van der Waals surface area contributed by atoms with E-state index in [1.165, 1.54) is 6.21 Å². The molecule has 0 aliphatic rings. The van der Waals surface area contributed by atoms with Crippen LogP contribution in [0.1, 0.15) is 11.1 Å². The minimum absolute atomic E-state index is 0.141. The quantitative estimate of drug-likeness (QED) is 0.249. The number of ether oxygens (including phenoxy) is 3. The van der Waals surface area contributed by atoms with Gasteiger partial charge in [0.05, 0.1) is 13.3 Å². The minimum atomic E-state index is -0.358. The Morgan fingerprint density at radius 1 is 0.800 bits per heavy atom. The number of nitrogens with zero attached hydrogens (tertiary/aromatic N) is 1. The van der Waals surface area contributed by atoms with Gasteiger partial charge in [-0.05, 0) is 52.6 Å². The summed E-state index contributed by atoms with van der Waals surface area (Å²) in [5.74, 6) is 1.46. The van der Waals surface area contributed by atoms with Gasteiger partial charge in [-0.2, -0.15) is 5.10 Å². The molecule has 0 spiro atoms. The summed E-state index contributed by atoms with van der Waals surface area (Å²) in [6.07, 6.45) is 1.54. The van der Waals surface area contributed by atoms with Crippen molar-refractivity contribution in [3.63, 3.8) is 0 Å². The molecule has 0 saturated carbocycles. The van der Waals surface area contributed by atoms with Crippen molar-refractivity contribution in [2.75, 3.05) is 13.7 Å². The Bertz CT molecular complexity index is 1260. The Kier molecular flexibility index (Phi) is 8.11. The van der Waals surface area contributed by atoms with Crippen LogP contribution in [0.2, 0.25) is 0 Å². The van der Waals surface area contributed by atoms with Crippen LogP contribution in [0.5, 0.6) is 17.2 Å². The molecule has 6 nitrogen and oxygen atoms in total. The van der Waals surface area contributed by atoms with Crippen molar-refractivity contribution >= 4 is 12.1 Å². The number of rotatable bonds is 10. The van der Waals surface area contributed by atoms with Crippen LogP contribution in [0.15, 0.2) is 108 Å². The fourth-order valence-electron chi connectivity index (χ4n) is 3.35. The number of hydrogen-bond acceptors (Lipinski definition) is 5. The fourth-order valence-corrected chi connectivity index (χ4v) is 3.35. The minimum Gasteiger partial charge on any atom is -0.493 e. The lowest BCUT2D eigenvalue weighted by Gasteiger charge is -2.11. The average Bonchev–Trinajstić information content (AvgIpc) is 2.92. The Morgan fingerprint density at radius 2 is 1.49 bits per heavy atom. The van der Waals surface area contributed by atoms with Gasteiger partial charge >= 0.3 is 0 Å². The zero-order chi connectivity index (χ0) is 24.3. The van der Waals surface area contributed by atoms with Crippen molar-refractivity contribution in [1.29, 1.82) is 0 Å². The molecule has 6 heteroatoms. The molecule has 4 aromatic carbocycles. The van der Waals surface area contributed by atoms with Gasteiger partial charge in [0.15, 0.2) is 18.1 Å². The molecule has 0 radical (unpaired) electrons. The van der Waals surface area contributed by atoms with Gasteiger partial charge in [-0.1, -0.05) is 72.8 Å². The molecule has 176 valence electrons. The van der Waals surface area contributed by atoms with E-state index in [-0.39, 0.29) is 12.5 Å². The molecule has 0 heterocycles. The monoisotopic (exact) mass is 466 g/mol. The lowest BCUT2D eigenvalue weighted by Crippen LogP contribution is -2.24. The van der Waals surface area contributed by atoms with Gasteiger partial charge < -0.3 is 14.2 Å². The number of benzene rings is 4. The molecular weight excluding hydrogens is 440 g/mol. The number of hydrogen-bond donors (Lipinski definition) is 1. The van der Waals surface area contributed by atoms with Crippen molar-refractivity contribution in [3.8, 4) is 28.4 Å². The van der Waals surface area contributed by atoms with Crippen LogP contribution in [0.4, 0.5) is 0 Å². The van der Waals surface area contributed by atoms with E-state index in [0.717, 1.165) is 22.3 Å². The maximum atomic E-state index is 12.1. The van der Waals surface area contributed by atoms with Gasteiger partial charge in [-0.25, -0.2) is 5.43 Å². The Hall–Kier alpha value is -4.58. The number of amides is 1. The van der Waals surface area contributed by atoms with Crippen LogP contribution in [0.3, 0.4) is 0 Å². The molecule has 0 fully saturated rings. The van der Waals surface area contributed by atoms with Crippen LogP contribution in [0.25, 0.3) is 11.1 Å². The molecule has 4 rings (SSSR count). The van der Waals surface area contributed by atoms with E-state index in [1.807, 2.05) is 97.1 Å². The number of nitrogens with one attached hydrogen (secondary N) is 1. The summed E-state index contributed by atoms with van der Waals surface area (Å²) in [6.45, 7) is 0.299. The third-order valence-corrected chi connectivity index (χ3v) is 5.16. The molecule has 0 aliphatic carbocycles. The highest BCUT2D eigenvalue weighted by Gasteiger charge is 2.06. The summed E-state index contributed by atoms with van der Waals surface area (Å²) in [7, 11) is 1.58.